The first-order valence-electron chi connectivity index (χ1n) is 34.7. The van der Waals surface area contributed by atoms with E-state index in [9.17, 15) is 14.4 Å². The molecule has 0 aromatic rings. The lowest BCUT2D eigenvalue weighted by Gasteiger charge is -2.18. The van der Waals surface area contributed by atoms with Gasteiger partial charge in [-0.25, -0.2) is 0 Å². The molecule has 0 N–H and O–H groups in total. The molecule has 0 aliphatic carbocycles. The van der Waals surface area contributed by atoms with Crippen molar-refractivity contribution >= 4 is 17.9 Å². The van der Waals surface area contributed by atoms with E-state index in [0.29, 0.717) is 19.3 Å². The van der Waals surface area contributed by atoms with E-state index in [2.05, 4.69) is 118 Å². The van der Waals surface area contributed by atoms with Crippen molar-refractivity contribution < 1.29 is 28.6 Å². The van der Waals surface area contributed by atoms with Crippen LogP contribution < -0.4 is 0 Å². The standard InChI is InChI=1S/C75H130O6/c1-4-7-10-13-16-19-22-25-27-29-30-31-32-33-34-35-36-37-38-39-40-41-42-43-44-46-47-50-53-56-59-62-65-68-74(77)80-71-72(70-79-73(76)67-64-61-58-55-52-49-24-21-18-15-12-9-6-3)81-75(78)69-66-63-60-57-54-51-48-45-28-26-23-20-17-14-11-8-5-2/h8,11,17,20-22,24-26,28-30,32-33,48,51,72H,4-7,9-10,12-16,18-19,23,27,31,34-47,49-50,52-71H2,1-3H3/b11-8-,20-17-,24-21-,25-22-,28-26-,30-29-,33-32-,51-48-. The van der Waals surface area contributed by atoms with Crippen LogP contribution >= 0.6 is 0 Å². The van der Waals surface area contributed by atoms with Gasteiger partial charge in [0.05, 0.1) is 0 Å². The van der Waals surface area contributed by atoms with Gasteiger partial charge in [-0.15, -0.1) is 0 Å². The van der Waals surface area contributed by atoms with Crippen LogP contribution in [0.5, 0.6) is 0 Å². The lowest BCUT2D eigenvalue weighted by atomic mass is 10.0. The average Bonchev–Trinajstić information content (AvgIpc) is 3.46. The van der Waals surface area contributed by atoms with E-state index in [-0.39, 0.29) is 31.1 Å². The van der Waals surface area contributed by atoms with E-state index in [1.54, 1.807) is 0 Å². The molecule has 1 unspecified atom stereocenters. The van der Waals surface area contributed by atoms with Crippen molar-refractivity contribution in [2.45, 2.75) is 348 Å². The first-order valence-corrected chi connectivity index (χ1v) is 34.7. The maximum Gasteiger partial charge on any atom is 0.306 e. The fraction of sp³-hybridized carbons (Fsp3) is 0.747. The molecule has 0 bridgehead atoms. The number of ether oxygens (including phenoxy) is 3. The van der Waals surface area contributed by atoms with Crippen molar-refractivity contribution in [3.05, 3.63) is 97.2 Å². The van der Waals surface area contributed by atoms with Gasteiger partial charge in [0.25, 0.3) is 0 Å². The molecule has 0 aromatic heterocycles. The molecule has 466 valence electrons. The average molecular weight is 1130 g/mol. The summed E-state index contributed by atoms with van der Waals surface area (Å²) in [5.74, 6) is -0.908. The van der Waals surface area contributed by atoms with Gasteiger partial charge in [0.15, 0.2) is 6.10 Å². The Balaban J connectivity index is 4.19. The van der Waals surface area contributed by atoms with E-state index in [1.807, 2.05) is 0 Å². The van der Waals surface area contributed by atoms with Gasteiger partial charge >= 0.3 is 17.9 Å². The van der Waals surface area contributed by atoms with Crippen LogP contribution in [0.3, 0.4) is 0 Å². The van der Waals surface area contributed by atoms with Crippen LogP contribution in [0.25, 0.3) is 0 Å². The number of carbonyl (C=O) groups is 3. The summed E-state index contributed by atoms with van der Waals surface area (Å²) >= 11 is 0. The Kier molecular flexibility index (Phi) is 65.7. The summed E-state index contributed by atoms with van der Waals surface area (Å²) in [5.41, 5.74) is 0. The number of rotatable bonds is 63. The monoisotopic (exact) mass is 1130 g/mol. The van der Waals surface area contributed by atoms with Gasteiger partial charge in [0.1, 0.15) is 13.2 Å². The number of unbranched alkanes of at least 4 members (excludes halogenated alkanes) is 36. The van der Waals surface area contributed by atoms with Crippen molar-refractivity contribution in [3.8, 4) is 0 Å². The molecule has 0 aliphatic rings. The van der Waals surface area contributed by atoms with Crippen molar-refractivity contribution in [3.63, 3.8) is 0 Å². The number of hydrogen-bond donors (Lipinski definition) is 0. The molecule has 6 nitrogen and oxygen atoms in total. The molecule has 1 atom stereocenters. The molecule has 0 saturated carbocycles. The van der Waals surface area contributed by atoms with Crippen molar-refractivity contribution in [2.24, 2.45) is 0 Å². The Morgan fingerprint density at radius 1 is 0.259 bits per heavy atom. The number of allylic oxidation sites excluding steroid dienone is 16. The largest absolute Gasteiger partial charge is 0.462 e. The minimum Gasteiger partial charge on any atom is -0.462 e. The van der Waals surface area contributed by atoms with Crippen molar-refractivity contribution in [1.82, 2.24) is 0 Å². The number of carbonyl (C=O) groups excluding carboxylic acids is 3. The predicted octanol–water partition coefficient (Wildman–Crippen LogP) is 24.0. The van der Waals surface area contributed by atoms with Crippen LogP contribution in [0.2, 0.25) is 0 Å². The summed E-state index contributed by atoms with van der Waals surface area (Å²) in [6, 6.07) is 0. The molecule has 0 aromatic carbocycles. The fourth-order valence-electron chi connectivity index (χ4n) is 9.85. The van der Waals surface area contributed by atoms with Gasteiger partial charge in [-0.3, -0.25) is 14.4 Å². The molecule has 0 saturated heterocycles. The lowest BCUT2D eigenvalue weighted by molar-refractivity contribution is -0.167. The minimum atomic E-state index is -0.794. The van der Waals surface area contributed by atoms with Crippen LogP contribution in [-0.2, 0) is 28.6 Å². The van der Waals surface area contributed by atoms with Crippen LogP contribution in [-0.4, -0.2) is 37.2 Å². The molecule has 0 heterocycles. The summed E-state index contributed by atoms with van der Waals surface area (Å²) in [4.78, 5) is 38.3. The maximum absolute atomic E-state index is 12.9. The highest BCUT2D eigenvalue weighted by Crippen LogP contribution is 2.17. The summed E-state index contributed by atoms with van der Waals surface area (Å²) in [7, 11) is 0. The Hall–Kier alpha value is -3.67. The molecule has 81 heavy (non-hydrogen) atoms. The second-order valence-electron chi connectivity index (χ2n) is 23.1. The Morgan fingerprint density at radius 2 is 0.481 bits per heavy atom. The van der Waals surface area contributed by atoms with Crippen molar-refractivity contribution in [2.75, 3.05) is 13.2 Å². The quantitative estimate of drug-likeness (QED) is 0.0261. The third-order valence-electron chi connectivity index (χ3n) is 15.0. The predicted molar refractivity (Wildman–Crippen MR) is 353 cm³/mol. The fourth-order valence-corrected chi connectivity index (χ4v) is 9.85. The van der Waals surface area contributed by atoms with E-state index < -0.39 is 6.10 Å². The first-order chi connectivity index (χ1) is 40.0. The highest BCUT2D eigenvalue weighted by atomic mass is 16.6. The summed E-state index contributed by atoms with van der Waals surface area (Å²) in [6.07, 6.45) is 93.0. The number of hydrogen-bond acceptors (Lipinski definition) is 6. The Morgan fingerprint density at radius 3 is 0.778 bits per heavy atom. The SMILES string of the molecule is CC/C=C\C/C=C\C/C=C\C/C=C\CCCCCCC(=O)OC(COC(=O)CCCCCCC/C=C\CCCCCC)COC(=O)CCCCCCCCCCCCCCCCCCCC/C=C\C/C=C\C/C=C\CCCCCCC. The molecule has 0 spiro atoms. The van der Waals surface area contributed by atoms with Gasteiger partial charge < -0.3 is 14.2 Å². The van der Waals surface area contributed by atoms with Gasteiger partial charge in [-0.1, -0.05) is 298 Å². The third-order valence-corrected chi connectivity index (χ3v) is 15.0. The van der Waals surface area contributed by atoms with E-state index in [1.165, 1.54) is 186 Å². The number of esters is 3. The van der Waals surface area contributed by atoms with Gasteiger partial charge in [-0.05, 0) is 122 Å². The zero-order chi connectivity index (χ0) is 58.5. The molecule has 0 radical (unpaired) electrons. The zero-order valence-corrected chi connectivity index (χ0v) is 53.5. The van der Waals surface area contributed by atoms with Gasteiger partial charge in [-0.2, -0.15) is 0 Å². The van der Waals surface area contributed by atoms with E-state index >= 15 is 0 Å². The van der Waals surface area contributed by atoms with E-state index in [4.69, 9.17) is 14.2 Å². The van der Waals surface area contributed by atoms with Crippen LogP contribution in [0.15, 0.2) is 97.2 Å². The van der Waals surface area contributed by atoms with Crippen LogP contribution in [0, 0.1) is 0 Å². The lowest BCUT2D eigenvalue weighted by Crippen LogP contribution is -2.30. The molecule has 0 amide bonds. The van der Waals surface area contributed by atoms with Crippen molar-refractivity contribution in [1.29, 1.82) is 0 Å². The molecular weight excluding hydrogens is 997 g/mol. The first kappa shape index (κ1) is 77.3. The molecule has 0 rings (SSSR count). The topological polar surface area (TPSA) is 78.9 Å². The summed E-state index contributed by atoms with van der Waals surface area (Å²) in [6.45, 7) is 6.50. The highest BCUT2D eigenvalue weighted by molar-refractivity contribution is 5.71. The van der Waals surface area contributed by atoms with E-state index in [0.717, 1.165) is 116 Å². The highest BCUT2D eigenvalue weighted by Gasteiger charge is 2.19. The smallest absolute Gasteiger partial charge is 0.306 e. The minimum absolute atomic E-state index is 0.0878. The van der Waals surface area contributed by atoms with Crippen LogP contribution in [0.1, 0.15) is 342 Å². The third kappa shape index (κ3) is 67.0. The second kappa shape index (κ2) is 68.8. The Labute approximate surface area is 502 Å². The molecule has 6 heteroatoms. The Bertz CT molecular complexity index is 1580. The normalized spacial score (nSPS) is 12.7. The molecule has 0 fully saturated rings. The van der Waals surface area contributed by atoms with Crippen LogP contribution in [0.4, 0.5) is 0 Å². The summed E-state index contributed by atoms with van der Waals surface area (Å²) < 4.78 is 16.9. The summed E-state index contributed by atoms with van der Waals surface area (Å²) in [5, 5.41) is 0. The van der Waals surface area contributed by atoms with Gasteiger partial charge in [0, 0.05) is 19.3 Å². The second-order valence-corrected chi connectivity index (χ2v) is 23.1. The maximum atomic E-state index is 12.9. The van der Waals surface area contributed by atoms with Gasteiger partial charge in [0.2, 0.25) is 0 Å². The zero-order valence-electron chi connectivity index (χ0n) is 53.5. The molecular formula is C75H130O6. The molecule has 0 aliphatic heterocycles.